The summed E-state index contributed by atoms with van der Waals surface area (Å²) in [6, 6.07) is 11.3. The average molecular weight is 258 g/mol. The van der Waals surface area contributed by atoms with Crippen LogP contribution in [0.15, 0.2) is 36.4 Å². The van der Waals surface area contributed by atoms with Gasteiger partial charge in [-0.1, -0.05) is 47.5 Å². The molecule has 0 aliphatic heterocycles. The van der Waals surface area contributed by atoms with Crippen molar-refractivity contribution in [3.8, 4) is 0 Å². The Kier molecular flexibility index (Phi) is 4.01. The van der Waals surface area contributed by atoms with Crippen molar-refractivity contribution in [2.24, 2.45) is 0 Å². The Morgan fingerprint density at radius 2 is 1.68 bits per heavy atom. The second-order valence-corrected chi connectivity index (χ2v) is 5.19. The molecule has 2 rings (SSSR count). The lowest BCUT2D eigenvalue weighted by Crippen LogP contribution is -2.05. The molecule has 2 heteroatoms. The topological polar surface area (TPSA) is 20.2 Å². The zero-order chi connectivity index (χ0) is 14.0. The van der Waals surface area contributed by atoms with E-state index in [1.54, 1.807) is 25.1 Å². The highest BCUT2D eigenvalue weighted by Gasteiger charge is 2.14. The van der Waals surface area contributed by atoms with Crippen molar-refractivity contribution in [3.63, 3.8) is 0 Å². The fourth-order valence-corrected chi connectivity index (χ4v) is 2.45. The van der Waals surface area contributed by atoms with E-state index in [1.165, 1.54) is 0 Å². The van der Waals surface area contributed by atoms with Crippen LogP contribution in [0, 0.1) is 26.6 Å². The molecule has 19 heavy (non-hydrogen) atoms. The Labute approximate surface area is 113 Å². The van der Waals surface area contributed by atoms with Crippen LogP contribution in [0.2, 0.25) is 0 Å². The van der Waals surface area contributed by atoms with Crippen LogP contribution in [0.25, 0.3) is 0 Å². The summed E-state index contributed by atoms with van der Waals surface area (Å²) in [4.78, 5) is 0. The van der Waals surface area contributed by atoms with Crippen LogP contribution in [0.1, 0.15) is 33.9 Å². The first-order valence-corrected chi connectivity index (χ1v) is 6.47. The van der Waals surface area contributed by atoms with E-state index in [-0.39, 0.29) is 5.82 Å². The maximum absolute atomic E-state index is 14.0. The van der Waals surface area contributed by atoms with Gasteiger partial charge in [0.05, 0.1) is 6.10 Å². The molecule has 0 aliphatic rings. The fraction of sp³-hybridized carbons (Fsp3) is 0.294. The van der Waals surface area contributed by atoms with Crippen molar-refractivity contribution < 1.29 is 9.50 Å². The van der Waals surface area contributed by atoms with Gasteiger partial charge in [-0.05, 0) is 31.9 Å². The number of benzene rings is 2. The summed E-state index contributed by atoms with van der Waals surface area (Å²) >= 11 is 0. The SMILES string of the molecule is Cc1cc(C)cc(CC(O)c2cccc(C)c2F)c1. The zero-order valence-electron chi connectivity index (χ0n) is 11.6. The molecular formula is C17H19FO. The first kappa shape index (κ1) is 13.8. The molecule has 1 nitrogen and oxygen atoms in total. The van der Waals surface area contributed by atoms with Gasteiger partial charge in [0.1, 0.15) is 5.82 Å². The van der Waals surface area contributed by atoms with Crippen molar-refractivity contribution >= 4 is 0 Å². The predicted molar refractivity (Wildman–Crippen MR) is 75.7 cm³/mol. The molecule has 0 bridgehead atoms. The Hall–Kier alpha value is -1.67. The van der Waals surface area contributed by atoms with E-state index < -0.39 is 6.10 Å². The molecule has 1 unspecified atom stereocenters. The zero-order valence-corrected chi connectivity index (χ0v) is 11.6. The summed E-state index contributed by atoms with van der Waals surface area (Å²) in [6.07, 6.45) is -0.371. The Morgan fingerprint density at radius 1 is 1.05 bits per heavy atom. The lowest BCUT2D eigenvalue weighted by molar-refractivity contribution is 0.173. The van der Waals surface area contributed by atoms with Gasteiger partial charge >= 0.3 is 0 Å². The maximum Gasteiger partial charge on any atom is 0.131 e. The Morgan fingerprint density at radius 3 is 2.32 bits per heavy atom. The van der Waals surface area contributed by atoms with E-state index in [4.69, 9.17) is 0 Å². The van der Waals surface area contributed by atoms with Crippen LogP contribution in [0.5, 0.6) is 0 Å². The van der Waals surface area contributed by atoms with Gasteiger partial charge in [0.25, 0.3) is 0 Å². The van der Waals surface area contributed by atoms with Crippen LogP contribution in [0.4, 0.5) is 4.39 Å². The van der Waals surface area contributed by atoms with Crippen molar-refractivity contribution in [1.29, 1.82) is 0 Å². The summed E-state index contributed by atoms with van der Waals surface area (Å²) in [5, 5.41) is 10.2. The summed E-state index contributed by atoms with van der Waals surface area (Å²) in [6.45, 7) is 5.76. The van der Waals surface area contributed by atoms with Crippen molar-refractivity contribution in [1.82, 2.24) is 0 Å². The van der Waals surface area contributed by atoms with Crippen LogP contribution >= 0.6 is 0 Å². The summed E-state index contributed by atoms with van der Waals surface area (Å²) in [5.41, 5.74) is 4.29. The van der Waals surface area contributed by atoms with Crippen molar-refractivity contribution in [3.05, 3.63) is 70.0 Å². The molecule has 0 saturated carbocycles. The van der Waals surface area contributed by atoms with Gasteiger partial charge in [0.2, 0.25) is 0 Å². The molecule has 0 saturated heterocycles. The molecule has 1 atom stereocenters. The molecule has 1 N–H and O–H groups in total. The van der Waals surface area contributed by atoms with Gasteiger partial charge < -0.3 is 5.11 Å². The first-order chi connectivity index (χ1) is 8.97. The quantitative estimate of drug-likeness (QED) is 0.881. The van der Waals surface area contributed by atoms with Gasteiger partial charge in [-0.2, -0.15) is 0 Å². The summed E-state index contributed by atoms with van der Waals surface area (Å²) in [7, 11) is 0. The largest absolute Gasteiger partial charge is 0.388 e. The minimum absolute atomic E-state index is 0.306. The molecular weight excluding hydrogens is 239 g/mol. The Bertz CT molecular complexity index is 570. The molecule has 0 spiro atoms. The van der Waals surface area contributed by atoms with Crippen LogP contribution < -0.4 is 0 Å². The van der Waals surface area contributed by atoms with Gasteiger partial charge in [0, 0.05) is 12.0 Å². The molecule has 0 amide bonds. The van der Waals surface area contributed by atoms with Crippen molar-refractivity contribution in [2.75, 3.05) is 0 Å². The highest BCUT2D eigenvalue weighted by molar-refractivity contribution is 5.32. The van der Waals surface area contributed by atoms with E-state index in [0.29, 0.717) is 17.5 Å². The van der Waals surface area contributed by atoms with Crippen molar-refractivity contribution in [2.45, 2.75) is 33.3 Å². The maximum atomic E-state index is 14.0. The standard InChI is InChI=1S/C17H19FO/c1-11-7-12(2)9-14(8-11)10-16(19)15-6-4-5-13(3)17(15)18/h4-9,16,19H,10H2,1-3H3. The predicted octanol–water partition coefficient (Wildman–Crippen LogP) is 4.03. The summed E-state index contributed by atoms with van der Waals surface area (Å²) < 4.78 is 14.0. The Balaban J connectivity index is 2.25. The van der Waals surface area contributed by atoms with Gasteiger partial charge in [-0.3, -0.25) is 0 Å². The normalized spacial score (nSPS) is 12.5. The number of hydrogen-bond donors (Lipinski definition) is 1. The minimum atomic E-state index is -0.805. The number of aliphatic hydroxyl groups is 1. The smallest absolute Gasteiger partial charge is 0.131 e. The third-order valence-electron chi connectivity index (χ3n) is 3.29. The van der Waals surface area contributed by atoms with Gasteiger partial charge in [-0.25, -0.2) is 4.39 Å². The third kappa shape index (κ3) is 3.21. The second-order valence-electron chi connectivity index (χ2n) is 5.19. The molecule has 0 aliphatic carbocycles. The van der Waals surface area contributed by atoms with E-state index in [1.807, 2.05) is 26.0 Å². The van der Waals surface area contributed by atoms with Gasteiger partial charge in [-0.15, -0.1) is 0 Å². The van der Waals surface area contributed by atoms with Gasteiger partial charge in [0.15, 0.2) is 0 Å². The lowest BCUT2D eigenvalue weighted by atomic mass is 9.97. The minimum Gasteiger partial charge on any atom is -0.388 e. The van der Waals surface area contributed by atoms with E-state index in [0.717, 1.165) is 16.7 Å². The molecule has 0 heterocycles. The number of hydrogen-bond acceptors (Lipinski definition) is 1. The molecule has 0 fully saturated rings. The van der Waals surface area contributed by atoms with Crippen LogP contribution in [-0.4, -0.2) is 5.11 Å². The number of aryl methyl sites for hydroxylation is 3. The molecule has 2 aromatic carbocycles. The number of rotatable bonds is 3. The van der Waals surface area contributed by atoms with Crippen LogP contribution in [0.3, 0.4) is 0 Å². The number of halogens is 1. The van der Waals surface area contributed by atoms with Crippen LogP contribution in [-0.2, 0) is 6.42 Å². The highest BCUT2D eigenvalue weighted by Crippen LogP contribution is 2.23. The van der Waals surface area contributed by atoms with E-state index >= 15 is 0 Å². The molecule has 0 aromatic heterocycles. The fourth-order valence-electron chi connectivity index (χ4n) is 2.45. The van der Waals surface area contributed by atoms with E-state index in [2.05, 4.69) is 6.07 Å². The second kappa shape index (κ2) is 5.54. The lowest BCUT2D eigenvalue weighted by Gasteiger charge is -2.14. The first-order valence-electron chi connectivity index (χ1n) is 6.47. The highest BCUT2D eigenvalue weighted by atomic mass is 19.1. The molecule has 100 valence electrons. The average Bonchev–Trinajstić information content (AvgIpc) is 2.31. The monoisotopic (exact) mass is 258 g/mol. The van der Waals surface area contributed by atoms with E-state index in [9.17, 15) is 9.50 Å². The number of aliphatic hydroxyl groups excluding tert-OH is 1. The molecule has 0 radical (unpaired) electrons. The molecule has 2 aromatic rings. The summed E-state index contributed by atoms with van der Waals surface area (Å²) in [5.74, 6) is -0.306. The third-order valence-corrected chi connectivity index (χ3v) is 3.29.